The third-order valence-electron chi connectivity index (χ3n) is 5.24. The highest BCUT2D eigenvalue weighted by Gasteiger charge is 2.40. The first-order valence-corrected chi connectivity index (χ1v) is 10.8. The SMILES string of the molecule is COc1cccc(C2CCN(Cc3ccc([C@H](NSC)C(F)(F)F)cc3)CC2)n1. The van der Waals surface area contributed by atoms with Gasteiger partial charge < -0.3 is 4.74 Å². The number of ether oxygens (including phenoxy) is 1. The van der Waals surface area contributed by atoms with Gasteiger partial charge in [0.25, 0.3) is 0 Å². The maximum atomic E-state index is 13.2. The van der Waals surface area contributed by atoms with E-state index >= 15 is 0 Å². The van der Waals surface area contributed by atoms with Crippen molar-refractivity contribution in [1.29, 1.82) is 0 Å². The molecule has 4 nitrogen and oxygen atoms in total. The Labute approximate surface area is 174 Å². The van der Waals surface area contributed by atoms with Crippen molar-refractivity contribution in [2.45, 2.75) is 37.5 Å². The first-order chi connectivity index (χ1) is 13.9. The number of benzene rings is 1. The van der Waals surface area contributed by atoms with Gasteiger partial charge in [0, 0.05) is 24.2 Å². The molecule has 1 saturated heterocycles. The molecule has 1 aliphatic heterocycles. The monoisotopic (exact) mass is 425 g/mol. The highest BCUT2D eigenvalue weighted by atomic mass is 32.2. The topological polar surface area (TPSA) is 37.4 Å². The molecule has 0 bridgehead atoms. The van der Waals surface area contributed by atoms with Gasteiger partial charge in [0.2, 0.25) is 5.88 Å². The van der Waals surface area contributed by atoms with Crippen LogP contribution in [0.1, 0.15) is 41.6 Å². The van der Waals surface area contributed by atoms with E-state index in [-0.39, 0.29) is 5.56 Å². The molecular weight excluding hydrogens is 399 g/mol. The van der Waals surface area contributed by atoms with E-state index < -0.39 is 12.2 Å². The molecular formula is C21H26F3N3OS. The number of piperidine rings is 1. The highest BCUT2D eigenvalue weighted by molar-refractivity contribution is 7.96. The van der Waals surface area contributed by atoms with E-state index in [9.17, 15) is 13.2 Å². The summed E-state index contributed by atoms with van der Waals surface area (Å²) >= 11 is 0.973. The van der Waals surface area contributed by atoms with Crippen molar-refractivity contribution in [3.8, 4) is 5.88 Å². The quantitative estimate of drug-likeness (QED) is 0.636. The lowest BCUT2D eigenvalue weighted by Gasteiger charge is -2.32. The van der Waals surface area contributed by atoms with Gasteiger partial charge in [0.05, 0.1) is 7.11 Å². The third kappa shape index (κ3) is 5.87. The van der Waals surface area contributed by atoms with Crippen LogP contribution in [0, 0.1) is 0 Å². The number of nitrogens with one attached hydrogen (secondary N) is 1. The number of halogens is 3. The molecule has 0 unspecified atom stereocenters. The lowest BCUT2D eigenvalue weighted by molar-refractivity contribution is -0.152. The molecule has 8 heteroatoms. The normalized spacial score (nSPS) is 17.3. The number of aromatic nitrogens is 1. The Morgan fingerprint density at radius 3 is 2.45 bits per heavy atom. The van der Waals surface area contributed by atoms with Crippen LogP contribution in [0.4, 0.5) is 13.2 Å². The minimum absolute atomic E-state index is 0.235. The number of hydrogen-bond donors (Lipinski definition) is 1. The summed E-state index contributed by atoms with van der Waals surface area (Å²) in [6.07, 6.45) is -0.712. The minimum atomic E-state index is -4.32. The van der Waals surface area contributed by atoms with Crippen LogP contribution in [0.15, 0.2) is 42.5 Å². The van der Waals surface area contributed by atoms with Gasteiger partial charge in [-0.2, -0.15) is 13.2 Å². The molecule has 1 aromatic carbocycles. The Morgan fingerprint density at radius 2 is 1.86 bits per heavy atom. The van der Waals surface area contributed by atoms with Gasteiger partial charge in [0.1, 0.15) is 6.04 Å². The number of rotatable bonds is 7. The maximum Gasteiger partial charge on any atom is 0.408 e. The van der Waals surface area contributed by atoms with Gasteiger partial charge in [0.15, 0.2) is 0 Å². The van der Waals surface area contributed by atoms with E-state index in [4.69, 9.17) is 4.74 Å². The molecule has 2 heterocycles. The number of methoxy groups -OCH3 is 1. The Bertz CT molecular complexity index is 777. The number of hydrogen-bond acceptors (Lipinski definition) is 5. The summed E-state index contributed by atoms with van der Waals surface area (Å²) in [5, 5.41) is 0. The van der Waals surface area contributed by atoms with Gasteiger partial charge in [-0.25, -0.2) is 9.71 Å². The minimum Gasteiger partial charge on any atom is -0.481 e. The second-order valence-corrected chi connectivity index (χ2v) is 7.84. The molecule has 158 valence electrons. The van der Waals surface area contributed by atoms with E-state index in [1.165, 1.54) is 0 Å². The number of nitrogens with zero attached hydrogens (tertiary/aromatic N) is 2. The van der Waals surface area contributed by atoms with Crippen LogP contribution in [0.25, 0.3) is 0 Å². The van der Waals surface area contributed by atoms with Gasteiger partial charge in [-0.05, 0) is 49.4 Å². The maximum absolute atomic E-state index is 13.2. The summed E-state index contributed by atoms with van der Waals surface area (Å²) in [6, 6.07) is 10.9. The fourth-order valence-electron chi connectivity index (χ4n) is 3.67. The smallest absolute Gasteiger partial charge is 0.408 e. The Hall–Kier alpha value is -1.77. The van der Waals surface area contributed by atoms with Crippen LogP contribution in [-0.4, -0.2) is 42.5 Å². The fraction of sp³-hybridized carbons (Fsp3) is 0.476. The predicted molar refractivity (Wildman–Crippen MR) is 110 cm³/mol. The van der Waals surface area contributed by atoms with Crippen molar-refractivity contribution in [3.63, 3.8) is 0 Å². The van der Waals surface area contributed by atoms with E-state index in [1.54, 1.807) is 37.6 Å². The first-order valence-electron chi connectivity index (χ1n) is 9.58. The van der Waals surface area contributed by atoms with Crippen LogP contribution in [0.2, 0.25) is 0 Å². The van der Waals surface area contributed by atoms with Crippen LogP contribution >= 0.6 is 11.9 Å². The van der Waals surface area contributed by atoms with E-state index in [0.717, 1.165) is 55.7 Å². The molecule has 3 rings (SSSR count). The average molecular weight is 426 g/mol. The van der Waals surface area contributed by atoms with Crippen molar-refractivity contribution >= 4 is 11.9 Å². The van der Waals surface area contributed by atoms with Gasteiger partial charge in [-0.15, -0.1) is 0 Å². The first kappa shape index (κ1) is 21.9. The second-order valence-electron chi connectivity index (χ2n) is 7.19. The van der Waals surface area contributed by atoms with Crippen molar-refractivity contribution in [3.05, 3.63) is 59.3 Å². The molecule has 1 aromatic heterocycles. The summed E-state index contributed by atoms with van der Waals surface area (Å²) in [4.78, 5) is 6.89. The van der Waals surface area contributed by atoms with Crippen LogP contribution in [0.3, 0.4) is 0 Å². The van der Waals surface area contributed by atoms with Gasteiger partial charge in [-0.3, -0.25) is 4.90 Å². The van der Waals surface area contributed by atoms with Crippen LogP contribution in [-0.2, 0) is 6.54 Å². The highest BCUT2D eigenvalue weighted by Crippen LogP contribution is 2.34. The molecule has 0 saturated carbocycles. The number of likely N-dealkylation sites (tertiary alicyclic amines) is 1. The van der Waals surface area contributed by atoms with E-state index in [0.29, 0.717) is 11.8 Å². The van der Waals surface area contributed by atoms with Gasteiger partial charge in [-0.1, -0.05) is 42.3 Å². The average Bonchev–Trinajstić information content (AvgIpc) is 2.72. The largest absolute Gasteiger partial charge is 0.481 e. The molecule has 1 atom stereocenters. The molecule has 29 heavy (non-hydrogen) atoms. The van der Waals surface area contributed by atoms with E-state index in [1.807, 2.05) is 18.2 Å². The number of pyridine rings is 1. The lowest BCUT2D eigenvalue weighted by Crippen LogP contribution is -2.33. The Morgan fingerprint density at radius 1 is 1.17 bits per heavy atom. The molecule has 1 aliphatic rings. The van der Waals surface area contributed by atoms with Gasteiger partial charge >= 0.3 is 6.18 Å². The molecule has 1 fully saturated rings. The Balaban J connectivity index is 1.56. The predicted octanol–water partition coefficient (Wildman–Crippen LogP) is 4.94. The summed E-state index contributed by atoms with van der Waals surface area (Å²) in [6.45, 7) is 2.61. The lowest BCUT2D eigenvalue weighted by atomic mass is 9.92. The molecule has 2 aromatic rings. The second kappa shape index (κ2) is 9.82. The van der Waals surface area contributed by atoms with E-state index in [2.05, 4.69) is 14.6 Å². The standard InChI is InChI=1S/C21H26F3N3OS/c1-28-19-5-3-4-18(25-19)16-10-12-27(13-11-16)14-15-6-8-17(9-7-15)20(26-29-2)21(22,23)24/h3-9,16,20,26H,10-14H2,1-2H3/t20-/m0/s1. The zero-order chi connectivity index (χ0) is 20.9. The van der Waals surface area contributed by atoms with Crippen molar-refractivity contribution in [2.24, 2.45) is 0 Å². The van der Waals surface area contributed by atoms with Crippen LogP contribution in [0.5, 0.6) is 5.88 Å². The zero-order valence-electron chi connectivity index (χ0n) is 16.6. The molecule has 1 N–H and O–H groups in total. The molecule has 0 aliphatic carbocycles. The summed E-state index contributed by atoms with van der Waals surface area (Å²) < 4.78 is 47.2. The van der Waals surface area contributed by atoms with Crippen molar-refractivity contribution in [2.75, 3.05) is 26.5 Å². The molecule has 0 radical (unpaired) electrons. The zero-order valence-corrected chi connectivity index (χ0v) is 17.4. The molecule has 0 amide bonds. The number of alkyl halides is 3. The summed E-state index contributed by atoms with van der Waals surface area (Å²) in [5.41, 5.74) is 2.32. The third-order valence-corrected chi connectivity index (χ3v) is 5.71. The fourth-order valence-corrected chi connectivity index (χ4v) is 4.18. The summed E-state index contributed by atoms with van der Waals surface area (Å²) in [7, 11) is 1.62. The van der Waals surface area contributed by atoms with Crippen molar-refractivity contribution in [1.82, 2.24) is 14.6 Å². The summed E-state index contributed by atoms with van der Waals surface area (Å²) in [5.74, 6) is 1.05. The van der Waals surface area contributed by atoms with Crippen molar-refractivity contribution < 1.29 is 17.9 Å². The Kier molecular flexibility index (Phi) is 7.43. The molecule has 0 spiro atoms. The van der Waals surface area contributed by atoms with Crippen LogP contribution < -0.4 is 9.46 Å².